The summed E-state index contributed by atoms with van der Waals surface area (Å²) in [6, 6.07) is 13.0. The third kappa shape index (κ3) is 5.12. The molecule has 0 saturated heterocycles. The quantitative estimate of drug-likeness (QED) is 0.432. The predicted molar refractivity (Wildman–Crippen MR) is 99.6 cm³/mol. The molecular formula is C18H17N3O4S. The summed E-state index contributed by atoms with van der Waals surface area (Å²) in [5, 5.41) is 2.33. The topological polar surface area (TPSA) is 96.5 Å². The molecule has 0 heterocycles. The number of ether oxygens (including phenoxy) is 1. The van der Waals surface area contributed by atoms with Gasteiger partial charge >= 0.3 is 5.97 Å². The lowest BCUT2D eigenvalue weighted by molar-refractivity contribution is 0.0600. The van der Waals surface area contributed by atoms with Crippen LogP contribution in [0.5, 0.6) is 0 Å². The van der Waals surface area contributed by atoms with Crippen LogP contribution in [0.2, 0.25) is 0 Å². The van der Waals surface area contributed by atoms with Gasteiger partial charge in [0.05, 0.1) is 12.7 Å². The molecule has 0 aliphatic carbocycles. The van der Waals surface area contributed by atoms with Crippen LogP contribution in [0.15, 0.2) is 48.5 Å². The molecule has 0 unspecified atom stereocenters. The lowest BCUT2D eigenvalue weighted by Gasteiger charge is -2.11. The van der Waals surface area contributed by atoms with E-state index in [0.717, 1.165) is 5.56 Å². The van der Waals surface area contributed by atoms with Crippen LogP contribution in [0.4, 0.5) is 0 Å². The number of hydrogen-bond acceptors (Lipinski definition) is 5. The molecular weight excluding hydrogens is 354 g/mol. The highest BCUT2D eigenvalue weighted by molar-refractivity contribution is 7.80. The van der Waals surface area contributed by atoms with Crippen molar-refractivity contribution >= 4 is 35.1 Å². The number of rotatable bonds is 3. The summed E-state index contributed by atoms with van der Waals surface area (Å²) in [6.45, 7) is 1.92. The van der Waals surface area contributed by atoms with Crippen molar-refractivity contribution in [3.05, 3.63) is 70.8 Å². The Kier molecular flexibility index (Phi) is 6.40. The zero-order valence-electron chi connectivity index (χ0n) is 14.2. The van der Waals surface area contributed by atoms with Gasteiger partial charge in [0, 0.05) is 11.1 Å². The highest BCUT2D eigenvalue weighted by Crippen LogP contribution is 2.06. The zero-order chi connectivity index (χ0) is 19.1. The predicted octanol–water partition coefficient (Wildman–Crippen LogP) is 1.73. The summed E-state index contributed by atoms with van der Waals surface area (Å²) in [6.07, 6.45) is 0. The fourth-order valence-corrected chi connectivity index (χ4v) is 2.15. The Balaban J connectivity index is 1.91. The van der Waals surface area contributed by atoms with Gasteiger partial charge in [-0.25, -0.2) is 4.79 Å². The Morgan fingerprint density at radius 3 is 2.19 bits per heavy atom. The van der Waals surface area contributed by atoms with Crippen LogP contribution in [0, 0.1) is 6.92 Å². The van der Waals surface area contributed by atoms with Crippen LogP contribution in [-0.2, 0) is 4.74 Å². The highest BCUT2D eigenvalue weighted by Gasteiger charge is 2.12. The Labute approximate surface area is 155 Å². The fraction of sp³-hybridized carbons (Fsp3) is 0.111. The van der Waals surface area contributed by atoms with E-state index in [1.807, 2.05) is 19.1 Å². The number of aryl methyl sites for hydroxylation is 1. The van der Waals surface area contributed by atoms with Crippen molar-refractivity contribution in [2.45, 2.75) is 6.92 Å². The van der Waals surface area contributed by atoms with Gasteiger partial charge in [0.25, 0.3) is 11.8 Å². The van der Waals surface area contributed by atoms with E-state index in [9.17, 15) is 14.4 Å². The molecule has 3 N–H and O–H groups in total. The van der Waals surface area contributed by atoms with Crippen LogP contribution in [-0.4, -0.2) is 30.0 Å². The van der Waals surface area contributed by atoms with Crippen molar-refractivity contribution in [3.8, 4) is 0 Å². The summed E-state index contributed by atoms with van der Waals surface area (Å²) in [5.41, 5.74) is 6.80. The number of carbonyl (C=O) groups is 3. The molecule has 0 saturated carbocycles. The fourth-order valence-electron chi connectivity index (χ4n) is 2.00. The van der Waals surface area contributed by atoms with E-state index in [4.69, 9.17) is 12.2 Å². The molecule has 2 rings (SSSR count). The molecule has 0 spiro atoms. The highest BCUT2D eigenvalue weighted by atomic mass is 32.1. The molecule has 0 radical (unpaired) electrons. The van der Waals surface area contributed by atoms with Gasteiger partial charge < -0.3 is 4.74 Å². The summed E-state index contributed by atoms with van der Waals surface area (Å²) < 4.78 is 4.61. The van der Waals surface area contributed by atoms with Gasteiger partial charge in [-0.2, -0.15) is 0 Å². The number of carbonyl (C=O) groups excluding carboxylic acids is 3. The molecule has 7 nitrogen and oxygen atoms in total. The van der Waals surface area contributed by atoms with E-state index in [1.54, 1.807) is 18.2 Å². The van der Waals surface area contributed by atoms with E-state index in [1.165, 1.54) is 25.3 Å². The smallest absolute Gasteiger partial charge is 0.337 e. The maximum atomic E-state index is 12.2. The summed E-state index contributed by atoms with van der Waals surface area (Å²) in [5.74, 6) is -1.47. The molecule has 0 atom stereocenters. The monoisotopic (exact) mass is 371 g/mol. The molecule has 2 aromatic rings. The van der Waals surface area contributed by atoms with Crippen LogP contribution in [0.25, 0.3) is 0 Å². The van der Waals surface area contributed by atoms with Crippen LogP contribution in [0.3, 0.4) is 0 Å². The second kappa shape index (κ2) is 8.72. The molecule has 0 bridgehead atoms. The van der Waals surface area contributed by atoms with Gasteiger partial charge in [0.1, 0.15) is 0 Å². The minimum atomic E-state index is -0.550. The Hall–Kier alpha value is -3.26. The number of methoxy groups -OCH3 is 1. The SMILES string of the molecule is COC(=O)c1cccc(C(=O)NC(=S)NNC(=O)c2ccc(C)cc2)c1. The van der Waals surface area contributed by atoms with Crippen LogP contribution < -0.4 is 16.2 Å². The number of esters is 1. The second-order valence-electron chi connectivity index (χ2n) is 5.30. The molecule has 0 aromatic heterocycles. The molecule has 8 heteroatoms. The molecule has 0 fully saturated rings. The van der Waals surface area contributed by atoms with Gasteiger partial charge in [0.2, 0.25) is 0 Å². The van der Waals surface area contributed by atoms with Crippen molar-refractivity contribution in [1.82, 2.24) is 16.2 Å². The normalized spacial score (nSPS) is 9.77. The average molecular weight is 371 g/mol. The standard InChI is InChI=1S/C18H17N3O4S/c1-11-6-8-12(9-7-11)16(23)20-21-18(26)19-15(22)13-4-3-5-14(10-13)17(24)25-2/h3-10H,1-2H3,(H,20,23)(H2,19,21,22,26). The maximum Gasteiger partial charge on any atom is 0.337 e. The maximum absolute atomic E-state index is 12.2. The number of amides is 2. The second-order valence-corrected chi connectivity index (χ2v) is 5.71. The van der Waals surface area contributed by atoms with Gasteiger partial charge in [-0.05, 0) is 49.5 Å². The van der Waals surface area contributed by atoms with Crippen molar-refractivity contribution in [1.29, 1.82) is 0 Å². The molecule has 26 heavy (non-hydrogen) atoms. The van der Waals surface area contributed by atoms with E-state index in [2.05, 4.69) is 20.9 Å². The van der Waals surface area contributed by atoms with Crippen molar-refractivity contribution in [3.63, 3.8) is 0 Å². The van der Waals surface area contributed by atoms with E-state index < -0.39 is 17.8 Å². The van der Waals surface area contributed by atoms with Gasteiger partial charge in [-0.15, -0.1) is 0 Å². The zero-order valence-corrected chi connectivity index (χ0v) is 15.0. The molecule has 0 aliphatic rings. The van der Waals surface area contributed by atoms with Crippen molar-refractivity contribution < 1.29 is 19.1 Å². The molecule has 2 amide bonds. The van der Waals surface area contributed by atoms with Gasteiger partial charge in [0.15, 0.2) is 5.11 Å². The molecule has 134 valence electrons. The summed E-state index contributed by atoms with van der Waals surface area (Å²) >= 11 is 4.98. The van der Waals surface area contributed by atoms with Crippen LogP contribution in [0.1, 0.15) is 36.6 Å². The minimum Gasteiger partial charge on any atom is -0.465 e. The minimum absolute atomic E-state index is 0.0843. The number of benzene rings is 2. The average Bonchev–Trinajstić information content (AvgIpc) is 2.66. The van der Waals surface area contributed by atoms with Gasteiger partial charge in [-0.1, -0.05) is 23.8 Å². The van der Waals surface area contributed by atoms with E-state index in [-0.39, 0.29) is 16.2 Å². The lowest BCUT2D eigenvalue weighted by Crippen LogP contribution is -2.48. The summed E-state index contributed by atoms with van der Waals surface area (Å²) in [4.78, 5) is 35.6. The van der Waals surface area contributed by atoms with E-state index in [0.29, 0.717) is 5.56 Å². The first-order valence-corrected chi connectivity index (χ1v) is 7.98. The first kappa shape index (κ1) is 19.1. The number of thiocarbonyl (C=S) groups is 1. The third-order valence-electron chi connectivity index (χ3n) is 3.38. The first-order chi connectivity index (χ1) is 12.4. The number of hydrogen-bond donors (Lipinski definition) is 3. The van der Waals surface area contributed by atoms with Crippen molar-refractivity contribution in [2.75, 3.05) is 7.11 Å². The largest absolute Gasteiger partial charge is 0.465 e. The molecule has 2 aromatic carbocycles. The summed E-state index contributed by atoms with van der Waals surface area (Å²) in [7, 11) is 1.25. The number of hydrazine groups is 1. The lowest BCUT2D eigenvalue weighted by atomic mass is 10.1. The first-order valence-electron chi connectivity index (χ1n) is 7.57. The Morgan fingerprint density at radius 2 is 1.54 bits per heavy atom. The van der Waals surface area contributed by atoms with Gasteiger partial charge in [-0.3, -0.25) is 25.8 Å². The number of nitrogens with one attached hydrogen (secondary N) is 3. The Morgan fingerprint density at radius 1 is 0.885 bits per heavy atom. The Bertz CT molecular complexity index is 850. The van der Waals surface area contributed by atoms with Crippen LogP contribution >= 0.6 is 12.2 Å². The molecule has 0 aliphatic heterocycles. The van der Waals surface area contributed by atoms with E-state index >= 15 is 0 Å². The van der Waals surface area contributed by atoms with Crippen molar-refractivity contribution in [2.24, 2.45) is 0 Å². The third-order valence-corrected chi connectivity index (χ3v) is 3.58.